The molecule has 6 heteroatoms. The fourth-order valence-corrected chi connectivity index (χ4v) is 2.17. The van der Waals surface area contributed by atoms with E-state index in [4.69, 9.17) is 10.5 Å². The maximum Gasteiger partial charge on any atom is 0.244 e. The fraction of sp³-hybridized carbons (Fsp3) is 0.846. The van der Waals surface area contributed by atoms with Crippen molar-refractivity contribution in [1.82, 2.24) is 10.2 Å². The first-order chi connectivity index (χ1) is 9.06. The Morgan fingerprint density at radius 3 is 2.58 bits per heavy atom. The molecule has 0 radical (unpaired) electrons. The second-order valence-corrected chi connectivity index (χ2v) is 5.00. The number of carbonyl (C=O) groups is 2. The van der Waals surface area contributed by atoms with Crippen LogP contribution in [0.25, 0.3) is 0 Å². The molecule has 1 saturated heterocycles. The minimum Gasteiger partial charge on any atom is -0.385 e. The SMILES string of the molecule is COCCCC(N)C(=O)NC(C)C(=O)N1CCCC1. The zero-order chi connectivity index (χ0) is 14.3. The van der Waals surface area contributed by atoms with Gasteiger partial charge in [-0.15, -0.1) is 0 Å². The number of nitrogens with one attached hydrogen (secondary N) is 1. The van der Waals surface area contributed by atoms with Gasteiger partial charge in [0.2, 0.25) is 11.8 Å². The van der Waals surface area contributed by atoms with Crippen molar-refractivity contribution in [3.05, 3.63) is 0 Å². The van der Waals surface area contributed by atoms with Crippen LogP contribution >= 0.6 is 0 Å². The minimum absolute atomic E-state index is 0.0186. The first-order valence-electron chi connectivity index (χ1n) is 6.90. The molecule has 1 fully saturated rings. The first-order valence-corrected chi connectivity index (χ1v) is 6.90. The normalized spacial score (nSPS) is 18.2. The molecule has 0 aliphatic carbocycles. The summed E-state index contributed by atoms with van der Waals surface area (Å²) in [6, 6.07) is -1.08. The molecule has 0 saturated carbocycles. The molecule has 110 valence electrons. The maximum atomic E-state index is 12.0. The number of ether oxygens (including phenoxy) is 1. The molecule has 1 rings (SSSR count). The third-order valence-corrected chi connectivity index (χ3v) is 3.35. The van der Waals surface area contributed by atoms with Crippen LogP contribution in [-0.2, 0) is 14.3 Å². The monoisotopic (exact) mass is 271 g/mol. The lowest BCUT2D eigenvalue weighted by Crippen LogP contribution is -2.50. The van der Waals surface area contributed by atoms with Crippen molar-refractivity contribution < 1.29 is 14.3 Å². The van der Waals surface area contributed by atoms with E-state index < -0.39 is 12.1 Å². The highest BCUT2D eigenvalue weighted by Crippen LogP contribution is 2.09. The van der Waals surface area contributed by atoms with Crippen LogP contribution in [0.3, 0.4) is 0 Å². The molecule has 0 bridgehead atoms. The molecular formula is C13H25N3O3. The lowest BCUT2D eigenvalue weighted by molar-refractivity contribution is -0.135. The van der Waals surface area contributed by atoms with Crippen LogP contribution in [0, 0.1) is 0 Å². The third kappa shape index (κ3) is 5.16. The van der Waals surface area contributed by atoms with Gasteiger partial charge >= 0.3 is 0 Å². The quantitative estimate of drug-likeness (QED) is 0.632. The summed E-state index contributed by atoms with van der Waals surface area (Å²) in [7, 11) is 1.61. The van der Waals surface area contributed by atoms with E-state index in [-0.39, 0.29) is 11.8 Å². The molecule has 1 aliphatic heterocycles. The summed E-state index contributed by atoms with van der Waals surface area (Å²) in [6.45, 7) is 3.88. The Bertz CT molecular complexity index is 304. The zero-order valence-electron chi connectivity index (χ0n) is 11.9. The molecule has 0 aromatic rings. The molecule has 2 unspecified atom stereocenters. The van der Waals surface area contributed by atoms with Crippen molar-refractivity contribution >= 4 is 11.8 Å². The average molecular weight is 271 g/mol. The molecule has 0 aromatic heterocycles. The highest BCUT2D eigenvalue weighted by atomic mass is 16.5. The van der Waals surface area contributed by atoms with E-state index in [1.54, 1.807) is 18.9 Å². The Hall–Kier alpha value is -1.14. The summed E-state index contributed by atoms with van der Waals surface area (Å²) in [5.74, 6) is -0.286. The highest BCUT2D eigenvalue weighted by molar-refractivity contribution is 5.89. The van der Waals surface area contributed by atoms with Gasteiger partial charge in [0.25, 0.3) is 0 Å². The van der Waals surface area contributed by atoms with E-state index in [1.165, 1.54) is 0 Å². The lowest BCUT2D eigenvalue weighted by Gasteiger charge is -2.22. The Kier molecular flexibility index (Phi) is 6.80. The number of carbonyl (C=O) groups excluding carboxylic acids is 2. The third-order valence-electron chi connectivity index (χ3n) is 3.35. The second kappa shape index (κ2) is 8.12. The van der Waals surface area contributed by atoms with Gasteiger partial charge in [0.15, 0.2) is 0 Å². The number of hydrogen-bond donors (Lipinski definition) is 2. The molecule has 6 nitrogen and oxygen atoms in total. The molecule has 3 N–H and O–H groups in total. The predicted molar refractivity (Wildman–Crippen MR) is 72.5 cm³/mol. The topological polar surface area (TPSA) is 84.7 Å². The van der Waals surface area contributed by atoms with E-state index in [9.17, 15) is 9.59 Å². The largest absolute Gasteiger partial charge is 0.385 e. The molecule has 2 atom stereocenters. The Labute approximate surface area is 114 Å². The number of nitrogens with zero attached hydrogens (tertiary/aromatic N) is 1. The van der Waals surface area contributed by atoms with Crippen LogP contribution in [0.1, 0.15) is 32.6 Å². The van der Waals surface area contributed by atoms with E-state index in [0.717, 1.165) is 32.4 Å². The maximum absolute atomic E-state index is 12.0. The number of methoxy groups -OCH3 is 1. The summed E-state index contributed by atoms with van der Waals surface area (Å²) in [5, 5.41) is 2.69. The Morgan fingerprint density at radius 2 is 2.00 bits per heavy atom. The molecule has 0 spiro atoms. The van der Waals surface area contributed by atoms with Crippen molar-refractivity contribution in [2.75, 3.05) is 26.8 Å². The summed E-state index contributed by atoms with van der Waals surface area (Å²) >= 11 is 0. The number of rotatable bonds is 7. The number of likely N-dealkylation sites (tertiary alicyclic amines) is 1. The summed E-state index contributed by atoms with van der Waals surface area (Å²) in [5.41, 5.74) is 5.77. The molecule has 1 heterocycles. The Morgan fingerprint density at radius 1 is 1.37 bits per heavy atom. The van der Waals surface area contributed by atoms with Crippen LogP contribution in [-0.4, -0.2) is 55.6 Å². The van der Waals surface area contributed by atoms with Gasteiger partial charge in [-0.1, -0.05) is 0 Å². The van der Waals surface area contributed by atoms with E-state index in [2.05, 4.69) is 5.32 Å². The van der Waals surface area contributed by atoms with Gasteiger partial charge in [-0.25, -0.2) is 0 Å². The van der Waals surface area contributed by atoms with Crippen molar-refractivity contribution in [1.29, 1.82) is 0 Å². The van der Waals surface area contributed by atoms with E-state index in [0.29, 0.717) is 13.0 Å². The van der Waals surface area contributed by atoms with E-state index in [1.807, 2.05) is 0 Å². The first kappa shape index (κ1) is 15.9. The van der Waals surface area contributed by atoms with Gasteiger partial charge in [-0.3, -0.25) is 9.59 Å². The van der Waals surface area contributed by atoms with Crippen LogP contribution in [0.15, 0.2) is 0 Å². The van der Waals surface area contributed by atoms with Crippen LogP contribution < -0.4 is 11.1 Å². The molecule has 1 aliphatic rings. The molecule has 0 aromatic carbocycles. The predicted octanol–water partition coefficient (Wildman–Crippen LogP) is -0.133. The standard InChI is InChI=1S/C13H25N3O3/c1-10(13(18)16-7-3-4-8-16)15-12(17)11(14)6-5-9-19-2/h10-11H,3-9,14H2,1-2H3,(H,15,17). The minimum atomic E-state index is -0.580. The average Bonchev–Trinajstić information content (AvgIpc) is 2.91. The summed E-state index contributed by atoms with van der Waals surface area (Å²) in [4.78, 5) is 25.6. The summed E-state index contributed by atoms with van der Waals surface area (Å²) in [6.07, 6.45) is 3.38. The fourth-order valence-electron chi connectivity index (χ4n) is 2.17. The van der Waals surface area contributed by atoms with Crippen molar-refractivity contribution in [2.24, 2.45) is 5.73 Å². The van der Waals surface area contributed by atoms with Gasteiger partial charge < -0.3 is 20.7 Å². The number of hydrogen-bond acceptors (Lipinski definition) is 4. The van der Waals surface area contributed by atoms with Gasteiger partial charge in [0, 0.05) is 26.8 Å². The van der Waals surface area contributed by atoms with Crippen LogP contribution in [0.4, 0.5) is 0 Å². The van der Waals surface area contributed by atoms with Crippen molar-refractivity contribution in [3.8, 4) is 0 Å². The molecule has 2 amide bonds. The van der Waals surface area contributed by atoms with Gasteiger partial charge in [0.1, 0.15) is 6.04 Å². The van der Waals surface area contributed by atoms with Gasteiger partial charge in [-0.2, -0.15) is 0 Å². The Balaban J connectivity index is 2.31. The van der Waals surface area contributed by atoms with Crippen molar-refractivity contribution in [3.63, 3.8) is 0 Å². The molecular weight excluding hydrogens is 246 g/mol. The zero-order valence-corrected chi connectivity index (χ0v) is 11.9. The van der Waals surface area contributed by atoms with Gasteiger partial charge in [-0.05, 0) is 32.6 Å². The van der Waals surface area contributed by atoms with E-state index >= 15 is 0 Å². The van der Waals surface area contributed by atoms with Crippen molar-refractivity contribution in [2.45, 2.75) is 44.7 Å². The highest BCUT2D eigenvalue weighted by Gasteiger charge is 2.25. The number of nitrogens with two attached hydrogens (primary N) is 1. The van der Waals surface area contributed by atoms with Crippen LogP contribution in [0.5, 0.6) is 0 Å². The molecule has 19 heavy (non-hydrogen) atoms. The second-order valence-electron chi connectivity index (χ2n) is 5.00. The van der Waals surface area contributed by atoms with Crippen LogP contribution in [0.2, 0.25) is 0 Å². The summed E-state index contributed by atoms with van der Waals surface area (Å²) < 4.78 is 4.91. The van der Waals surface area contributed by atoms with Gasteiger partial charge in [0.05, 0.1) is 6.04 Å². The number of amides is 2. The lowest BCUT2D eigenvalue weighted by atomic mass is 10.1. The smallest absolute Gasteiger partial charge is 0.244 e.